The molecule has 2 N–H and O–H groups in total. The minimum atomic E-state index is -0.782. The number of benzene rings is 1. The van der Waals surface area contributed by atoms with Crippen LogP contribution in [0.5, 0.6) is 5.75 Å². The van der Waals surface area contributed by atoms with Gasteiger partial charge < -0.3 is 29.7 Å². The molecule has 0 bridgehead atoms. The maximum atomic E-state index is 12.7. The van der Waals surface area contributed by atoms with Crippen molar-refractivity contribution in [1.82, 2.24) is 15.5 Å². The summed E-state index contributed by atoms with van der Waals surface area (Å²) in [6.45, 7) is 9.17. The van der Waals surface area contributed by atoms with Crippen LogP contribution in [0.1, 0.15) is 57.3 Å². The molecule has 10 nitrogen and oxygen atoms in total. The zero-order chi connectivity index (χ0) is 25.1. The van der Waals surface area contributed by atoms with Gasteiger partial charge in [-0.05, 0) is 70.7 Å². The van der Waals surface area contributed by atoms with Crippen molar-refractivity contribution in [2.45, 2.75) is 52.6 Å². The minimum absolute atomic E-state index is 0.0848. The van der Waals surface area contributed by atoms with Gasteiger partial charge in [0.05, 0.1) is 6.61 Å². The van der Waals surface area contributed by atoms with Crippen molar-refractivity contribution < 1.29 is 33.4 Å². The number of nitrogens with zero attached hydrogens (tertiary/aromatic N) is 1. The molecular weight excluding hydrogens is 442 g/mol. The summed E-state index contributed by atoms with van der Waals surface area (Å²) in [5, 5.41) is 5.46. The van der Waals surface area contributed by atoms with Gasteiger partial charge in [-0.25, -0.2) is 9.59 Å². The van der Waals surface area contributed by atoms with E-state index in [1.54, 1.807) is 56.9 Å². The molecule has 1 heterocycles. The van der Waals surface area contributed by atoms with E-state index in [-0.39, 0.29) is 37.3 Å². The van der Waals surface area contributed by atoms with Crippen LogP contribution < -0.4 is 15.4 Å². The van der Waals surface area contributed by atoms with E-state index in [1.807, 2.05) is 0 Å². The molecule has 1 aromatic carbocycles. The Morgan fingerprint density at radius 2 is 1.68 bits per heavy atom. The Hall–Kier alpha value is -3.30. The number of hydrogen-bond donors (Lipinski definition) is 2. The summed E-state index contributed by atoms with van der Waals surface area (Å²) >= 11 is 0. The number of carbonyl (C=O) groups is 4. The van der Waals surface area contributed by atoms with E-state index in [1.165, 1.54) is 0 Å². The summed E-state index contributed by atoms with van der Waals surface area (Å²) in [5.41, 5.74) is -0.0645. The molecule has 0 aliphatic carbocycles. The quantitative estimate of drug-likeness (QED) is 0.436. The number of likely N-dealkylation sites (tertiary alicyclic amines) is 1. The predicted molar refractivity (Wildman–Crippen MR) is 125 cm³/mol. The van der Waals surface area contributed by atoms with Gasteiger partial charge in [-0.3, -0.25) is 9.59 Å². The predicted octanol–water partition coefficient (Wildman–Crippen LogP) is 3.11. The van der Waals surface area contributed by atoms with Crippen molar-refractivity contribution in [3.63, 3.8) is 0 Å². The van der Waals surface area contributed by atoms with E-state index in [4.69, 9.17) is 14.2 Å². The second-order valence-electron chi connectivity index (χ2n) is 9.03. The largest absolute Gasteiger partial charge is 0.513 e. The highest BCUT2D eigenvalue weighted by Crippen LogP contribution is 2.20. The second kappa shape index (κ2) is 12.8. The van der Waals surface area contributed by atoms with Crippen LogP contribution in [0.25, 0.3) is 0 Å². The number of alkyl carbamates (subject to hydrolysis) is 1. The average molecular weight is 478 g/mol. The Morgan fingerprint density at radius 1 is 1.03 bits per heavy atom. The van der Waals surface area contributed by atoms with Crippen LogP contribution in [-0.2, 0) is 14.3 Å². The van der Waals surface area contributed by atoms with Gasteiger partial charge in [-0.2, -0.15) is 0 Å². The summed E-state index contributed by atoms with van der Waals surface area (Å²) in [5.74, 6) is 0.371. The monoisotopic (exact) mass is 477 g/mol. The number of rotatable bonds is 8. The third-order valence-corrected chi connectivity index (χ3v) is 5.07. The lowest BCUT2D eigenvalue weighted by Gasteiger charge is -2.32. The number of ether oxygens (including phenoxy) is 3. The summed E-state index contributed by atoms with van der Waals surface area (Å²) in [7, 11) is 0. The Bertz CT molecular complexity index is 841. The number of piperidine rings is 1. The van der Waals surface area contributed by atoms with Crippen molar-refractivity contribution >= 4 is 24.1 Å². The van der Waals surface area contributed by atoms with Crippen LogP contribution in [0.3, 0.4) is 0 Å². The summed E-state index contributed by atoms with van der Waals surface area (Å²) in [6.07, 6.45) is 0.416. The molecule has 1 saturated heterocycles. The SMILES string of the molecule is CCOC(=O)Oc1ccc(C(=O)N2CCC(CNC(=O)CCNC(=O)OC(C)(C)C)CC2)cc1. The number of hydrogen-bond acceptors (Lipinski definition) is 7. The molecule has 3 amide bonds. The third kappa shape index (κ3) is 9.68. The molecule has 1 aromatic rings. The van der Waals surface area contributed by atoms with Crippen LogP contribution in [-0.4, -0.2) is 67.3 Å². The number of amides is 3. The van der Waals surface area contributed by atoms with Crippen molar-refractivity contribution in [2.24, 2.45) is 5.92 Å². The van der Waals surface area contributed by atoms with Crippen LogP contribution in [0.4, 0.5) is 9.59 Å². The van der Waals surface area contributed by atoms with Gasteiger partial charge in [0, 0.05) is 38.2 Å². The molecule has 34 heavy (non-hydrogen) atoms. The molecule has 188 valence electrons. The topological polar surface area (TPSA) is 123 Å². The Morgan fingerprint density at radius 3 is 2.26 bits per heavy atom. The van der Waals surface area contributed by atoms with E-state index in [2.05, 4.69) is 10.6 Å². The summed E-state index contributed by atoms with van der Waals surface area (Å²) in [6, 6.07) is 6.36. The normalized spacial score (nSPS) is 14.2. The molecule has 2 rings (SSSR count). The molecule has 10 heteroatoms. The van der Waals surface area contributed by atoms with Gasteiger partial charge in [-0.1, -0.05) is 0 Å². The number of nitrogens with one attached hydrogen (secondary N) is 2. The van der Waals surface area contributed by atoms with E-state index < -0.39 is 17.8 Å². The summed E-state index contributed by atoms with van der Waals surface area (Å²) in [4.78, 5) is 49.5. The van der Waals surface area contributed by atoms with Crippen LogP contribution in [0, 0.1) is 5.92 Å². The Kier molecular flexibility index (Phi) is 10.2. The van der Waals surface area contributed by atoms with Gasteiger partial charge in [0.25, 0.3) is 5.91 Å². The minimum Gasteiger partial charge on any atom is -0.444 e. The lowest BCUT2D eigenvalue weighted by molar-refractivity contribution is -0.121. The Balaban J connectivity index is 1.67. The fourth-order valence-corrected chi connectivity index (χ4v) is 3.37. The molecular formula is C24H35N3O7. The van der Waals surface area contributed by atoms with Crippen molar-refractivity contribution in [3.8, 4) is 5.75 Å². The molecule has 0 saturated carbocycles. The standard InChI is InChI=1S/C24H35N3O7/c1-5-32-23(31)33-19-8-6-18(7-9-19)21(29)27-14-11-17(12-15-27)16-26-20(28)10-13-25-22(30)34-24(2,3)4/h6-9,17H,5,10-16H2,1-4H3,(H,25,30)(H,26,28). The van der Waals surface area contributed by atoms with Crippen molar-refractivity contribution in [1.29, 1.82) is 0 Å². The molecule has 0 unspecified atom stereocenters. The van der Waals surface area contributed by atoms with Crippen LogP contribution in [0.15, 0.2) is 24.3 Å². The van der Waals surface area contributed by atoms with Crippen molar-refractivity contribution in [3.05, 3.63) is 29.8 Å². The van der Waals surface area contributed by atoms with Crippen molar-refractivity contribution in [2.75, 3.05) is 32.8 Å². The zero-order valence-corrected chi connectivity index (χ0v) is 20.3. The van der Waals surface area contributed by atoms with E-state index in [0.717, 1.165) is 12.8 Å². The highest BCUT2D eigenvalue weighted by atomic mass is 16.7. The highest BCUT2D eigenvalue weighted by Gasteiger charge is 2.24. The average Bonchev–Trinajstić information content (AvgIpc) is 2.77. The lowest BCUT2D eigenvalue weighted by Crippen LogP contribution is -2.42. The molecule has 1 aliphatic rings. The first kappa shape index (κ1) is 26.9. The van der Waals surface area contributed by atoms with Crippen LogP contribution >= 0.6 is 0 Å². The molecule has 0 spiro atoms. The molecule has 1 fully saturated rings. The van der Waals surface area contributed by atoms with Gasteiger partial charge in [0.1, 0.15) is 11.4 Å². The maximum Gasteiger partial charge on any atom is 0.513 e. The maximum absolute atomic E-state index is 12.7. The fraction of sp³-hybridized carbons (Fsp3) is 0.583. The van der Waals surface area contributed by atoms with Gasteiger partial charge >= 0.3 is 12.2 Å². The van der Waals surface area contributed by atoms with Crippen LogP contribution in [0.2, 0.25) is 0 Å². The highest BCUT2D eigenvalue weighted by molar-refractivity contribution is 5.94. The molecule has 0 atom stereocenters. The van der Waals surface area contributed by atoms with E-state index >= 15 is 0 Å². The van der Waals surface area contributed by atoms with Gasteiger partial charge in [0.15, 0.2) is 0 Å². The first-order chi connectivity index (χ1) is 16.1. The Labute approximate surface area is 200 Å². The number of carbonyl (C=O) groups excluding carboxylic acids is 4. The third-order valence-electron chi connectivity index (χ3n) is 5.07. The lowest BCUT2D eigenvalue weighted by atomic mass is 9.96. The zero-order valence-electron chi connectivity index (χ0n) is 20.3. The first-order valence-corrected chi connectivity index (χ1v) is 11.5. The second-order valence-corrected chi connectivity index (χ2v) is 9.03. The summed E-state index contributed by atoms with van der Waals surface area (Å²) < 4.78 is 14.9. The van der Waals surface area contributed by atoms with Gasteiger partial charge in [-0.15, -0.1) is 0 Å². The van der Waals surface area contributed by atoms with E-state index in [0.29, 0.717) is 30.9 Å². The van der Waals surface area contributed by atoms with Gasteiger partial charge in [0.2, 0.25) is 5.91 Å². The molecule has 0 aromatic heterocycles. The fourth-order valence-electron chi connectivity index (χ4n) is 3.37. The molecule has 0 radical (unpaired) electrons. The first-order valence-electron chi connectivity index (χ1n) is 11.5. The molecule has 1 aliphatic heterocycles. The van der Waals surface area contributed by atoms with E-state index in [9.17, 15) is 19.2 Å². The smallest absolute Gasteiger partial charge is 0.444 e.